The highest BCUT2D eigenvalue weighted by Crippen LogP contribution is 2.15. The largest absolute Gasteiger partial charge is 0.399 e. The van der Waals surface area contributed by atoms with Gasteiger partial charge in [0.05, 0.1) is 12.1 Å². The summed E-state index contributed by atoms with van der Waals surface area (Å²) in [6.45, 7) is 0.180. The minimum absolute atomic E-state index is 0.180. The summed E-state index contributed by atoms with van der Waals surface area (Å²) < 4.78 is 0. The predicted molar refractivity (Wildman–Crippen MR) is 60.6 cm³/mol. The Morgan fingerprint density at radius 2 is 2.24 bits per heavy atom. The fourth-order valence-electron chi connectivity index (χ4n) is 1.30. The summed E-state index contributed by atoms with van der Waals surface area (Å²) in [5.41, 5.74) is 12.4. The molecule has 0 radical (unpaired) electrons. The standard InChI is InChI=1S/C9H11N7O/c10-5-1-2-6(7(11)3-5)9(17)12-4-8-13-15-16-14-8/h1-3H,4,10-11H2,(H,12,17)(H,13,14,15,16). The summed E-state index contributed by atoms with van der Waals surface area (Å²) in [4.78, 5) is 11.8. The Kier molecular flexibility index (Phi) is 2.86. The highest BCUT2D eigenvalue weighted by atomic mass is 16.1. The van der Waals surface area contributed by atoms with Gasteiger partial charge in [-0.25, -0.2) is 0 Å². The van der Waals surface area contributed by atoms with Gasteiger partial charge in [0.25, 0.3) is 5.91 Å². The first kappa shape index (κ1) is 10.9. The highest BCUT2D eigenvalue weighted by Gasteiger charge is 2.10. The lowest BCUT2D eigenvalue weighted by Gasteiger charge is -2.06. The number of nitrogens with zero attached hydrogens (tertiary/aromatic N) is 3. The van der Waals surface area contributed by atoms with Crippen molar-refractivity contribution in [1.82, 2.24) is 25.9 Å². The van der Waals surface area contributed by atoms with E-state index in [2.05, 4.69) is 25.9 Å². The number of nitrogens with two attached hydrogens (primary N) is 2. The minimum Gasteiger partial charge on any atom is -0.399 e. The molecule has 1 aromatic carbocycles. The third-order valence-corrected chi connectivity index (χ3v) is 2.12. The molecule has 1 aromatic heterocycles. The van der Waals surface area contributed by atoms with Gasteiger partial charge in [-0.2, -0.15) is 5.21 Å². The Morgan fingerprint density at radius 1 is 1.41 bits per heavy atom. The lowest BCUT2D eigenvalue weighted by Crippen LogP contribution is -2.24. The molecule has 0 atom stereocenters. The van der Waals surface area contributed by atoms with Crippen molar-refractivity contribution < 1.29 is 4.79 Å². The number of carbonyl (C=O) groups is 1. The molecule has 0 unspecified atom stereocenters. The molecule has 0 spiro atoms. The van der Waals surface area contributed by atoms with Crippen molar-refractivity contribution in [3.8, 4) is 0 Å². The van der Waals surface area contributed by atoms with Crippen molar-refractivity contribution in [2.75, 3.05) is 11.5 Å². The van der Waals surface area contributed by atoms with E-state index < -0.39 is 0 Å². The first-order chi connectivity index (χ1) is 8.16. The Balaban J connectivity index is 2.04. The molecule has 0 fully saturated rings. The first-order valence-electron chi connectivity index (χ1n) is 4.82. The molecule has 8 nitrogen and oxygen atoms in total. The molecule has 0 saturated heterocycles. The van der Waals surface area contributed by atoms with Gasteiger partial charge in [0.2, 0.25) is 0 Å². The number of hydrogen-bond donors (Lipinski definition) is 4. The van der Waals surface area contributed by atoms with Crippen LogP contribution >= 0.6 is 0 Å². The maximum Gasteiger partial charge on any atom is 0.253 e. The van der Waals surface area contributed by atoms with E-state index in [1.165, 1.54) is 6.07 Å². The monoisotopic (exact) mass is 233 g/mol. The van der Waals surface area contributed by atoms with E-state index >= 15 is 0 Å². The zero-order chi connectivity index (χ0) is 12.3. The molecule has 2 rings (SSSR count). The number of H-pyrrole nitrogens is 1. The quantitative estimate of drug-likeness (QED) is 0.517. The van der Waals surface area contributed by atoms with Crippen molar-refractivity contribution in [2.24, 2.45) is 0 Å². The molecule has 0 bridgehead atoms. The SMILES string of the molecule is Nc1ccc(C(=O)NCc2nn[nH]n2)c(N)c1. The zero-order valence-corrected chi connectivity index (χ0v) is 8.84. The third kappa shape index (κ3) is 2.48. The van der Waals surface area contributed by atoms with Gasteiger partial charge in [-0.1, -0.05) is 5.21 Å². The lowest BCUT2D eigenvalue weighted by molar-refractivity contribution is 0.0951. The van der Waals surface area contributed by atoms with Gasteiger partial charge in [0.15, 0.2) is 5.82 Å². The Morgan fingerprint density at radius 3 is 2.88 bits per heavy atom. The molecule has 17 heavy (non-hydrogen) atoms. The van der Waals surface area contributed by atoms with E-state index in [0.717, 1.165) is 0 Å². The van der Waals surface area contributed by atoms with Crippen LogP contribution in [0.15, 0.2) is 18.2 Å². The van der Waals surface area contributed by atoms with Crippen molar-refractivity contribution in [3.63, 3.8) is 0 Å². The van der Waals surface area contributed by atoms with Crippen LogP contribution in [0.3, 0.4) is 0 Å². The second kappa shape index (κ2) is 4.47. The van der Waals surface area contributed by atoms with Gasteiger partial charge < -0.3 is 16.8 Å². The van der Waals surface area contributed by atoms with Crippen LogP contribution in [0, 0.1) is 0 Å². The molecule has 0 aliphatic heterocycles. The van der Waals surface area contributed by atoms with E-state index in [-0.39, 0.29) is 12.5 Å². The number of nitrogens with one attached hydrogen (secondary N) is 2. The number of benzene rings is 1. The number of aromatic amines is 1. The van der Waals surface area contributed by atoms with Gasteiger partial charge in [-0.15, -0.1) is 10.2 Å². The van der Waals surface area contributed by atoms with Crippen molar-refractivity contribution >= 4 is 17.3 Å². The Bertz CT molecular complexity index is 522. The molecular weight excluding hydrogens is 222 g/mol. The fraction of sp³-hybridized carbons (Fsp3) is 0.111. The topological polar surface area (TPSA) is 136 Å². The van der Waals surface area contributed by atoms with Crippen LogP contribution in [-0.2, 0) is 6.54 Å². The molecule has 0 saturated carbocycles. The third-order valence-electron chi connectivity index (χ3n) is 2.12. The summed E-state index contributed by atoms with van der Waals surface area (Å²) in [6, 6.07) is 4.71. The van der Waals surface area contributed by atoms with Crippen LogP contribution in [0.4, 0.5) is 11.4 Å². The molecule has 6 N–H and O–H groups in total. The summed E-state index contributed by atoms with van der Waals surface area (Å²) in [5.74, 6) is 0.0830. The van der Waals surface area contributed by atoms with Crippen molar-refractivity contribution in [2.45, 2.75) is 6.54 Å². The molecular formula is C9H11N7O. The molecule has 2 aromatic rings. The number of rotatable bonds is 3. The zero-order valence-electron chi connectivity index (χ0n) is 8.84. The first-order valence-corrected chi connectivity index (χ1v) is 4.82. The molecule has 8 heteroatoms. The summed E-state index contributed by atoms with van der Waals surface area (Å²) in [7, 11) is 0. The van der Waals surface area contributed by atoms with Gasteiger partial charge in [-0.05, 0) is 18.2 Å². The number of hydrogen-bond acceptors (Lipinski definition) is 6. The highest BCUT2D eigenvalue weighted by molar-refractivity contribution is 5.99. The minimum atomic E-state index is -0.313. The summed E-state index contributed by atoms with van der Waals surface area (Å²) in [5, 5.41) is 15.7. The molecule has 88 valence electrons. The fourth-order valence-corrected chi connectivity index (χ4v) is 1.30. The number of aromatic nitrogens is 4. The van der Waals surface area contributed by atoms with Crippen LogP contribution in [0.1, 0.15) is 16.2 Å². The second-order valence-corrected chi connectivity index (χ2v) is 3.36. The van der Waals surface area contributed by atoms with Gasteiger partial charge in [0.1, 0.15) is 0 Å². The number of anilines is 2. The molecule has 0 aliphatic carbocycles. The van der Waals surface area contributed by atoms with Crippen LogP contribution in [0.2, 0.25) is 0 Å². The summed E-state index contributed by atoms with van der Waals surface area (Å²) in [6.07, 6.45) is 0. The van der Waals surface area contributed by atoms with Gasteiger partial charge >= 0.3 is 0 Å². The van der Waals surface area contributed by atoms with E-state index in [0.29, 0.717) is 22.8 Å². The predicted octanol–water partition coefficient (Wildman–Crippen LogP) is -0.706. The number of carbonyl (C=O) groups excluding carboxylic acids is 1. The summed E-state index contributed by atoms with van der Waals surface area (Å²) >= 11 is 0. The van der Waals surface area contributed by atoms with Gasteiger partial charge in [0, 0.05) is 11.4 Å². The maximum absolute atomic E-state index is 11.8. The van der Waals surface area contributed by atoms with E-state index in [1.54, 1.807) is 12.1 Å². The van der Waals surface area contributed by atoms with Crippen LogP contribution in [0.5, 0.6) is 0 Å². The van der Waals surface area contributed by atoms with Gasteiger partial charge in [-0.3, -0.25) is 4.79 Å². The van der Waals surface area contributed by atoms with E-state index in [1.807, 2.05) is 0 Å². The smallest absolute Gasteiger partial charge is 0.253 e. The number of nitrogen functional groups attached to an aromatic ring is 2. The van der Waals surface area contributed by atoms with Crippen LogP contribution in [0.25, 0.3) is 0 Å². The van der Waals surface area contributed by atoms with Crippen LogP contribution < -0.4 is 16.8 Å². The molecule has 0 aliphatic rings. The molecule has 1 amide bonds. The van der Waals surface area contributed by atoms with E-state index in [9.17, 15) is 4.79 Å². The number of amides is 1. The average molecular weight is 233 g/mol. The Hall–Kier alpha value is -2.64. The lowest BCUT2D eigenvalue weighted by atomic mass is 10.1. The molecule has 1 heterocycles. The van der Waals surface area contributed by atoms with Crippen molar-refractivity contribution in [3.05, 3.63) is 29.6 Å². The Labute approximate surface area is 96.4 Å². The van der Waals surface area contributed by atoms with E-state index in [4.69, 9.17) is 11.5 Å². The van der Waals surface area contributed by atoms with Crippen LogP contribution in [-0.4, -0.2) is 26.5 Å². The van der Waals surface area contributed by atoms with Crippen molar-refractivity contribution in [1.29, 1.82) is 0 Å². The maximum atomic E-state index is 11.8. The number of tetrazole rings is 1. The second-order valence-electron chi connectivity index (χ2n) is 3.36. The normalized spacial score (nSPS) is 10.1. The average Bonchev–Trinajstić information content (AvgIpc) is 2.78.